The molecule has 2 aromatic carbocycles. The first-order valence-corrected chi connectivity index (χ1v) is 7.35. The van der Waals surface area contributed by atoms with Gasteiger partial charge in [-0.2, -0.15) is 0 Å². The van der Waals surface area contributed by atoms with E-state index < -0.39 is 0 Å². The molecule has 21 heavy (non-hydrogen) atoms. The van der Waals surface area contributed by atoms with Gasteiger partial charge in [0.05, 0.1) is 0 Å². The van der Waals surface area contributed by atoms with Crippen molar-refractivity contribution in [2.24, 2.45) is 0 Å². The van der Waals surface area contributed by atoms with Gasteiger partial charge in [0.15, 0.2) is 0 Å². The van der Waals surface area contributed by atoms with Gasteiger partial charge in [-0.05, 0) is 49.2 Å². The van der Waals surface area contributed by atoms with E-state index in [1.54, 1.807) is 6.07 Å². The van der Waals surface area contributed by atoms with Crippen LogP contribution in [-0.2, 0) is 6.54 Å². The van der Waals surface area contributed by atoms with E-state index in [1.807, 2.05) is 25.2 Å². The summed E-state index contributed by atoms with van der Waals surface area (Å²) in [6.45, 7) is 4.91. The van der Waals surface area contributed by atoms with E-state index >= 15 is 0 Å². The molecule has 0 saturated heterocycles. The minimum absolute atomic E-state index is 0.247. The molecule has 3 heteroatoms. The lowest BCUT2D eigenvalue weighted by molar-refractivity contribution is 0.460. The first-order chi connectivity index (χ1) is 10.2. The lowest BCUT2D eigenvalue weighted by atomic mass is 9.98. The predicted octanol–water partition coefficient (Wildman–Crippen LogP) is 4.85. The van der Waals surface area contributed by atoms with E-state index in [0.717, 1.165) is 17.7 Å². The van der Waals surface area contributed by atoms with Gasteiger partial charge < -0.3 is 10.1 Å². The minimum atomic E-state index is -0.247. The van der Waals surface area contributed by atoms with Crippen molar-refractivity contribution in [1.29, 1.82) is 0 Å². The van der Waals surface area contributed by atoms with E-state index in [2.05, 4.69) is 25.2 Å². The molecule has 0 saturated carbocycles. The fourth-order valence-electron chi connectivity index (χ4n) is 2.30. The number of nitrogens with one attached hydrogen (secondary N) is 1. The fourth-order valence-corrected chi connectivity index (χ4v) is 2.30. The number of ether oxygens (including phenoxy) is 1. The molecule has 0 aromatic heterocycles. The summed E-state index contributed by atoms with van der Waals surface area (Å²) in [4.78, 5) is 0. The highest BCUT2D eigenvalue weighted by Gasteiger charge is 2.12. The van der Waals surface area contributed by atoms with Crippen LogP contribution in [0.4, 0.5) is 4.39 Å². The average molecular weight is 287 g/mol. The third kappa shape index (κ3) is 3.82. The monoisotopic (exact) mass is 287 g/mol. The first kappa shape index (κ1) is 15.5. The van der Waals surface area contributed by atoms with E-state index in [9.17, 15) is 4.39 Å². The molecular formula is C18H22FNO. The van der Waals surface area contributed by atoms with Crippen molar-refractivity contribution in [1.82, 2.24) is 5.32 Å². The van der Waals surface area contributed by atoms with Gasteiger partial charge in [0, 0.05) is 12.1 Å². The van der Waals surface area contributed by atoms with Crippen LogP contribution >= 0.6 is 0 Å². The van der Waals surface area contributed by atoms with E-state index in [0.29, 0.717) is 18.2 Å². The Hall–Kier alpha value is -1.87. The average Bonchev–Trinajstić information content (AvgIpc) is 2.50. The third-order valence-corrected chi connectivity index (χ3v) is 3.67. The molecule has 0 bridgehead atoms. The van der Waals surface area contributed by atoms with Gasteiger partial charge in [-0.3, -0.25) is 0 Å². The number of halogens is 1. The molecule has 0 amide bonds. The SMILES string of the molecule is CCC(C)c1ccccc1Oc1ccc(F)cc1CNC. The second kappa shape index (κ2) is 7.23. The highest BCUT2D eigenvalue weighted by Crippen LogP contribution is 2.33. The second-order valence-corrected chi connectivity index (χ2v) is 5.23. The summed E-state index contributed by atoms with van der Waals surface area (Å²) in [6.07, 6.45) is 1.05. The van der Waals surface area contributed by atoms with Crippen LogP contribution in [0.1, 0.15) is 37.3 Å². The molecule has 0 heterocycles. The summed E-state index contributed by atoms with van der Waals surface area (Å²) in [5.41, 5.74) is 2.00. The van der Waals surface area contributed by atoms with Crippen molar-refractivity contribution in [2.45, 2.75) is 32.7 Å². The van der Waals surface area contributed by atoms with Crippen molar-refractivity contribution in [3.63, 3.8) is 0 Å². The number of para-hydroxylation sites is 1. The van der Waals surface area contributed by atoms with Crippen LogP contribution in [0.15, 0.2) is 42.5 Å². The standard InChI is InChI=1S/C18H22FNO/c1-4-13(2)16-7-5-6-8-18(16)21-17-10-9-15(19)11-14(17)12-20-3/h5-11,13,20H,4,12H2,1-3H3. The zero-order valence-corrected chi connectivity index (χ0v) is 12.8. The molecule has 1 unspecified atom stereocenters. The molecule has 2 nitrogen and oxygen atoms in total. The van der Waals surface area contributed by atoms with Gasteiger partial charge in [0.2, 0.25) is 0 Å². The second-order valence-electron chi connectivity index (χ2n) is 5.23. The zero-order chi connectivity index (χ0) is 15.2. The summed E-state index contributed by atoms with van der Waals surface area (Å²) >= 11 is 0. The Balaban J connectivity index is 2.34. The molecule has 0 aliphatic carbocycles. The number of hydrogen-bond acceptors (Lipinski definition) is 2. The molecule has 1 N–H and O–H groups in total. The Labute approximate surface area is 126 Å². The lowest BCUT2D eigenvalue weighted by Gasteiger charge is -2.17. The Kier molecular flexibility index (Phi) is 5.34. The first-order valence-electron chi connectivity index (χ1n) is 7.35. The van der Waals surface area contributed by atoms with Crippen molar-refractivity contribution in [2.75, 3.05) is 7.05 Å². The molecule has 0 aliphatic heterocycles. The van der Waals surface area contributed by atoms with Crippen LogP contribution in [0, 0.1) is 5.82 Å². The van der Waals surface area contributed by atoms with Crippen LogP contribution in [0.3, 0.4) is 0 Å². The number of hydrogen-bond donors (Lipinski definition) is 1. The van der Waals surface area contributed by atoms with E-state index in [-0.39, 0.29) is 5.82 Å². The predicted molar refractivity (Wildman–Crippen MR) is 84.4 cm³/mol. The molecule has 0 fully saturated rings. The van der Waals surface area contributed by atoms with Crippen LogP contribution in [0.2, 0.25) is 0 Å². The molecule has 2 aromatic rings. The molecule has 112 valence electrons. The summed E-state index contributed by atoms with van der Waals surface area (Å²) < 4.78 is 19.5. The van der Waals surface area contributed by atoms with Crippen LogP contribution < -0.4 is 10.1 Å². The Bertz CT molecular complexity index is 598. The summed E-state index contributed by atoms with van der Waals surface area (Å²) in [6, 6.07) is 12.7. The maximum Gasteiger partial charge on any atom is 0.132 e. The number of rotatable bonds is 6. The largest absolute Gasteiger partial charge is 0.457 e. The van der Waals surface area contributed by atoms with Crippen LogP contribution in [0.5, 0.6) is 11.5 Å². The highest BCUT2D eigenvalue weighted by atomic mass is 19.1. The molecule has 1 atom stereocenters. The van der Waals surface area contributed by atoms with Crippen molar-refractivity contribution >= 4 is 0 Å². The fraction of sp³-hybridized carbons (Fsp3) is 0.333. The molecule has 0 radical (unpaired) electrons. The Morgan fingerprint density at radius 1 is 1.14 bits per heavy atom. The van der Waals surface area contributed by atoms with Gasteiger partial charge in [-0.1, -0.05) is 32.0 Å². The van der Waals surface area contributed by atoms with Gasteiger partial charge >= 0.3 is 0 Å². The third-order valence-electron chi connectivity index (χ3n) is 3.67. The number of benzene rings is 2. The topological polar surface area (TPSA) is 21.3 Å². The van der Waals surface area contributed by atoms with Crippen LogP contribution in [-0.4, -0.2) is 7.05 Å². The summed E-state index contributed by atoms with van der Waals surface area (Å²) in [7, 11) is 1.84. The molecule has 2 rings (SSSR count). The van der Waals surface area contributed by atoms with E-state index in [1.165, 1.54) is 17.7 Å². The molecule has 0 spiro atoms. The van der Waals surface area contributed by atoms with Gasteiger partial charge in [-0.15, -0.1) is 0 Å². The van der Waals surface area contributed by atoms with E-state index in [4.69, 9.17) is 4.74 Å². The Morgan fingerprint density at radius 3 is 2.62 bits per heavy atom. The Morgan fingerprint density at radius 2 is 1.90 bits per heavy atom. The maximum atomic E-state index is 13.4. The quantitative estimate of drug-likeness (QED) is 0.820. The molecular weight excluding hydrogens is 265 g/mol. The summed E-state index contributed by atoms with van der Waals surface area (Å²) in [5, 5.41) is 3.04. The van der Waals surface area contributed by atoms with Gasteiger partial charge in [0.25, 0.3) is 0 Å². The van der Waals surface area contributed by atoms with Gasteiger partial charge in [0.1, 0.15) is 17.3 Å². The minimum Gasteiger partial charge on any atom is -0.457 e. The van der Waals surface area contributed by atoms with Gasteiger partial charge in [-0.25, -0.2) is 4.39 Å². The zero-order valence-electron chi connectivity index (χ0n) is 12.8. The maximum absolute atomic E-state index is 13.4. The highest BCUT2D eigenvalue weighted by molar-refractivity contribution is 5.42. The summed E-state index contributed by atoms with van der Waals surface area (Å²) in [5.74, 6) is 1.72. The van der Waals surface area contributed by atoms with Crippen molar-refractivity contribution in [3.8, 4) is 11.5 Å². The lowest BCUT2D eigenvalue weighted by Crippen LogP contribution is -2.07. The normalized spacial score (nSPS) is 12.2. The van der Waals surface area contributed by atoms with Crippen molar-refractivity contribution in [3.05, 3.63) is 59.4 Å². The smallest absolute Gasteiger partial charge is 0.132 e. The van der Waals surface area contributed by atoms with Crippen molar-refractivity contribution < 1.29 is 9.13 Å². The molecule has 0 aliphatic rings. The van der Waals surface area contributed by atoms with Crippen LogP contribution in [0.25, 0.3) is 0 Å².